The van der Waals surface area contributed by atoms with Crippen LogP contribution < -0.4 is 9.64 Å². The van der Waals surface area contributed by atoms with Crippen molar-refractivity contribution in [2.24, 2.45) is 0 Å². The number of benzene rings is 2. The van der Waals surface area contributed by atoms with Crippen molar-refractivity contribution >= 4 is 33.2 Å². The summed E-state index contributed by atoms with van der Waals surface area (Å²) in [5.74, 6) is 0.629. The summed E-state index contributed by atoms with van der Waals surface area (Å²) in [6.07, 6.45) is 1.68. The minimum Gasteiger partial charge on any atom is -0.497 e. The molecule has 0 aromatic heterocycles. The summed E-state index contributed by atoms with van der Waals surface area (Å²) in [5.41, 5.74) is 1.43. The lowest BCUT2D eigenvalue weighted by Gasteiger charge is -2.36. The van der Waals surface area contributed by atoms with Crippen LogP contribution in [0.5, 0.6) is 5.75 Å². The molecule has 0 unspecified atom stereocenters. The van der Waals surface area contributed by atoms with Crippen molar-refractivity contribution in [2.45, 2.75) is 17.7 Å². The van der Waals surface area contributed by atoms with Gasteiger partial charge >= 0.3 is 0 Å². The lowest BCUT2D eigenvalue weighted by Crippen LogP contribution is -2.48. The Balaban J connectivity index is 1.46. The quantitative estimate of drug-likeness (QED) is 0.681. The minimum absolute atomic E-state index is 0.0128. The van der Waals surface area contributed by atoms with Crippen LogP contribution in [0.25, 0.3) is 0 Å². The van der Waals surface area contributed by atoms with Crippen molar-refractivity contribution in [3.8, 4) is 5.75 Å². The predicted octanol–water partition coefficient (Wildman–Crippen LogP) is 3.10. The number of rotatable bonds is 5. The first-order chi connectivity index (χ1) is 14.9. The van der Waals surface area contributed by atoms with E-state index in [9.17, 15) is 13.2 Å². The lowest BCUT2D eigenvalue weighted by molar-refractivity contribution is 0.0746. The molecular formula is C22H26ClN3O4S. The zero-order chi connectivity index (χ0) is 22.0. The highest BCUT2D eigenvalue weighted by atomic mass is 35.5. The van der Waals surface area contributed by atoms with Crippen molar-refractivity contribution < 1.29 is 17.9 Å². The van der Waals surface area contributed by atoms with E-state index in [2.05, 4.69) is 4.90 Å². The molecule has 2 aromatic carbocycles. The van der Waals surface area contributed by atoms with E-state index in [4.69, 9.17) is 16.3 Å². The van der Waals surface area contributed by atoms with E-state index in [1.54, 1.807) is 18.1 Å². The number of carbonyl (C=O) groups excluding carboxylic acids is 1. The van der Waals surface area contributed by atoms with Crippen LogP contribution in [0.15, 0.2) is 47.4 Å². The number of methoxy groups -OCH3 is 1. The Morgan fingerprint density at radius 3 is 2.19 bits per heavy atom. The van der Waals surface area contributed by atoms with Gasteiger partial charge in [0.1, 0.15) is 10.6 Å². The van der Waals surface area contributed by atoms with E-state index in [0.29, 0.717) is 44.8 Å². The van der Waals surface area contributed by atoms with Crippen molar-refractivity contribution in [3.05, 3.63) is 53.1 Å². The van der Waals surface area contributed by atoms with Crippen LogP contribution in [0.1, 0.15) is 23.2 Å². The Labute approximate surface area is 188 Å². The first-order valence-corrected chi connectivity index (χ1v) is 12.2. The molecule has 0 saturated carbocycles. The summed E-state index contributed by atoms with van der Waals surface area (Å²) in [6, 6.07) is 12.4. The molecule has 9 heteroatoms. The molecule has 2 aromatic rings. The largest absolute Gasteiger partial charge is 0.497 e. The second-order valence-corrected chi connectivity index (χ2v) is 10.0. The van der Waals surface area contributed by atoms with Gasteiger partial charge in [0.25, 0.3) is 5.91 Å². The third-order valence-electron chi connectivity index (χ3n) is 5.87. The predicted molar refractivity (Wildman–Crippen MR) is 121 cm³/mol. The molecule has 2 fully saturated rings. The van der Waals surface area contributed by atoms with Crippen LogP contribution in [-0.4, -0.2) is 69.9 Å². The van der Waals surface area contributed by atoms with Gasteiger partial charge in [0.2, 0.25) is 10.0 Å². The zero-order valence-electron chi connectivity index (χ0n) is 17.5. The molecule has 0 bridgehead atoms. The molecule has 31 heavy (non-hydrogen) atoms. The van der Waals surface area contributed by atoms with Gasteiger partial charge in [-0.25, -0.2) is 8.42 Å². The lowest BCUT2D eigenvalue weighted by atomic mass is 10.1. The maximum atomic E-state index is 13.1. The Hall–Kier alpha value is -2.29. The number of piperazine rings is 1. The molecule has 0 atom stereocenters. The Bertz CT molecular complexity index is 1040. The van der Waals surface area contributed by atoms with Crippen LogP contribution >= 0.6 is 11.6 Å². The molecule has 1 amide bonds. The average molecular weight is 464 g/mol. The highest BCUT2D eigenvalue weighted by molar-refractivity contribution is 7.89. The number of amides is 1. The van der Waals surface area contributed by atoms with E-state index in [0.717, 1.165) is 24.3 Å². The average Bonchev–Trinajstić information content (AvgIpc) is 3.35. The fourth-order valence-electron chi connectivity index (χ4n) is 4.04. The van der Waals surface area contributed by atoms with Gasteiger partial charge in [-0.05, 0) is 55.3 Å². The summed E-state index contributed by atoms with van der Waals surface area (Å²) >= 11 is 6.21. The summed E-state index contributed by atoms with van der Waals surface area (Å²) < 4.78 is 32.5. The van der Waals surface area contributed by atoms with E-state index in [-0.39, 0.29) is 15.8 Å². The third kappa shape index (κ3) is 4.51. The van der Waals surface area contributed by atoms with E-state index >= 15 is 0 Å². The smallest absolute Gasteiger partial charge is 0.254 e. The fourth-order valence-corrected chi connectivity index (χ4v) is 6.06. The number of halogens is 1. The molecular weight excluding hydrogens is 438 g/mol. The number of hydrogen-bond acceptors (Lipinski definition) is 5. The highest BCUT2D eigenvalue weighted by Crippen LogP contribution is 2.29. The Morgan fingerprint density at radius 2 is 1.58 bits per heavy atom. The Morgan fingerprint density at radius 1 is 0.935 bits per heavy atom. The highest BCUT2D eigenvalue weighted by Gasteiger charge is 2.30. The number of anilines is 1. The van der Waals surface area contributed by atoms with Crippen LogP contribution in [0.2, 0.25) is 5.02 Å². The number of carbonyl (C=O) groups is 1. The normalized spacial score (nSPS) is 17.7. The number of hydrogen-bond donors (Lipinski definition) is 0. The number of nitrogens with zero attached hydrogens (tertiary/aromatic N) is 3. The molecule has 2 aliphatic rings. The van der Waals surface area contributed by atoms with Crippen molar-refractivity contribution in [2.75, 3.05) is 51.3 Å². The molecule has 2 heterocycles. The fraction of sp³-hybridized carbons (Fsp3) is 0.409. The summed E-state index contributed by atoms with van der Waals surface area (Å²) in [4.78, 5) is 17.1. The van der Waals surface area contributed by atoms with E-state index < -0.39 is 10.0 Å². The van der Waals surface area contributed by atoms with Gasteiger partial charge in [-0.1, -0.05) is 11.6 Å². The SMILES string of the molecule is COc1ccc(N2CCN(C(=O)c3ccc(Cl)c(S(=O)(=O)N4CCCC4)c3)CC2)cc1. The maximum absolute atomic E-state index is 13.1. The summed E-state index contributed by atoms with van der Waals surface area (Å²) in [6.45, 7) is 3.49. The van der Waals surface area contributed by atoms with Gasteiger partial charge in [0.05, 0.1) is 12.1 Å². The van der Waals surface area contributed by atoms with Crippen molar-refractivity contribution in [1.82, 2.24) is 9.21 Å². The van der Waals surface area contributed by atoms with Gasteiger partial charge in [-0.3, -0.25) is 4.79 Å². The van der Waals surface area contributed by atoms with E-state index in [1.807, 2.05) is 24.3 Å². The molecule has 166 valence electrons. The van der Waals surface area contributed by atoms with Crippen molar-refractivity contribution in [3.63, 3.8) is 0 Å². The maximum Gasteiger partial charge on any atom is 0.254 e. The topological polar surface area (TPSA) is 70.2 Å². The molecule has 2 aliphatic heterocycles. The molecule has 2 saturated heterocycles. The molecule has 0 radical (unpaired) electrons. The van der Waals surface area contributed by atoms with Gasteiger partial charge < -0.3 is 14.5 Å². The number of ether oxygens (including phenoxy) is 1. The molecule has 7 nitrogen and oxygen atoms in total. The van der Waals surface area contributed by atoms with Crippen LogP contribution in [0.3, 0.4) is 0 Å². The van der Waals surface area contributed by atoms with Gasteiger partial charge in [-0.2, -0.15) is 4.31 Å². The van der Waals surface area contributed by atoms with Crippen molar-refractivity contribution in [1.29, 1.82) is 0 Å². The monoisotopic (exact) mass is 463 g/mol. The molecule has 0 N–H and O–H groups in total. The minimum atomic E-state index is -3.69. The van der Waals surface area contributed by atoms with Crippen LogP contribution in [-0.2, 0) is 10.0 Å². The van der Waals surface area contributed by atoms with Crippen LogP contribution in [0, 0.1) is 0 Å². The van der Waals surface area contributed by atoms with Crippen LogP contribution in [0.4, 0.5) is 5.69 Å². The first-order valence-electron chi connectivity index (χ1n) is 10.4. The first kappa shape index (κ1) is 21.9. The number of sulfonamides is 1. The summed E-state index contributed by atoms with van der Waals surface area (Å²) in [7, 11) is -2.06. The third-order valence-corrected chi connectivity index (χ3v) is 8.25. The molecule has 4 rings (SSSR count). The molecule has 0 spiro atoms. The van der Waals surface area contributed by atoms with Gasteiger partial charge in [0, 0.05) is 50.5 Å². The van der Waals surface area contributed by atoms with E-state index in [1.165, 1.54) is 16.4 Å². The summed E-state index contributed by atoms with van der Waals surface area (Å²) in [5, 5.41) is 0.146. The molecule has 0 aliphatic carbocycles. The second kappa shape index (κ2) is 9.06. The van der Waals surface area contributed by atoms with Gasteiger partial charge in [0.15, 0.2) is 0 Å². The van der Waals surface area contributed by atoms with Gasteiger partial charge in [-0.15, -0.1) is 0 Å². The standard InChI is InChI=1S/C22H26ClN3O4S/c1-30-19-7-5-18(6-8-19)24-12-14-25(15-13-24)22(27)17-4-9-20(23)21(16-17)31(28,29)26-10-2-3-11-26/h4-9,16H,2-3,10-15H2,1H3. The zero-order valence-corrected chi connectivity index (χ0v) is 19.0. The Kier molecular flexibility index (Phi) is 6.41. The second-order valence-electron chi connectivity index (χ2n) is 7.73.